The Hall–Kier alpha value is 0.560. The van der Waals surface area contributed by atoms with Crippen LogP contribution in [0.5, 0.6) is 0 Å². The monoisotopic (exact) mass is 190 g/mol. The molecule has 0 aromatic carbocycles. The number of hydrogen-bond donors (Lipinski definition) is 0. The highest BCUT2D eigenvalue weighted by Gasteiger charge is 2.43. The lowest BCUT2D eigenvalue weighted by Gasteiger charge is -2.10. The molecule has 0 atom stereocenters. The molecule has 0 rings (SSSR count). The van der Waals surface area contributed by atoms with Crippen molar-refractivity contribution >= 4 is 8.17 Å². The molecule has 6 heteroatoms. The van der Waals surface area contributed by atoms with Crippen LogP contribution in [0.3, 0.4) is 0 Å². The van der Waals surface area contributed by atoms with Gasteiger partial charge in [-0.1, -0.05) is 0 Å². The SMILES string of the molecule is CO[P+](OC)(OC)OC.[Cl-]. The van der Waals surface area contributed by atoms with Gasteiger partial charge in [-0.2, -0.15) is 18.1 Å². The molecule has 0 bridgehead atoms. The lowest BCUT2D eigenvalue weighted by molar-refractivity contribution is -0.00000825. The molecule has 10 heavy (non-hydrogen) atoms. The third kappa shape index (κ3) is 3.10. The van der Waals surface area contributed by atoms with Crippen molar-refractivity contribution in [2.24, 2.45) is 0 Å². The van der Waals surface area contributed by atoms with E-state index in [1.165, 1.54) is 28.4 Å². The maximum Gasteiger partial charge on any atom is 0.574 e. The van der Waals surface area contributed by atoms with Gasteiger partial charge in [-0.3, -0.25) is 0 Å². The fourth-order valence-electron chi connectivity index (χ4n) is 0.447. The maximum atomic E-state index is 4.83. The highest BCUT2D eigenvalue weighted by Crippen LogP contribution is 2.60. The van der Waals surface area contributed by atoms with Crippen molar-refractivity contribution < 1.29 is 30.5 Å². The van der Waals surface area contributed by atoms with Crippen LogP contribution < -0.4 is 12.4 Å². The second-order valence-electron chi connectivity index (χ2n) is 1.18. The van der Waals surface area contributed by atoms with Gasteiger partial charge in [0, 0.05) is 0 Å². The Morgan fingerprint density at radius 2 is 0.900 bits per heavy atom. The molecule has 0 spiro atoms. The number of halogens is 1. The first-order valence-electron chi connectivity index (χ1n) is 2.36. The summed E-state index contributed by atoms with van der Waals surface area (Å²) < 4.78 is 19.3. The summed E-state index contributed by atoms with van der Waals surface area (Å²) in [5, 5.41) is 0. The normalized spacial score (nSPS) is 10.8. The Labute approximate surface area is 67.9 Å². The van der Waals surface area contributed by atoms with E-state index in [0.717, 1.165) is 0 Å². The van der Waals surface area contributed by atoms with Gasteiger partial charge in [-0.15, -0.1) is 0 Å². The Balaban J connectivity index is 0. The summed E-state index contributed by atoms with van der Waals surface area (Å²) in [4.78, 5) is 0. The predicted molar refractivity (Wildman–Crippen MR) is 35.0 cm³/mol. The zero-order chi connectivity index (χ0) is 7.33. The van der Waals surface area contributed by atoms with Gasteiger partial charge in [0.1, 0.15) is 0 Å². The molecule has 0 aliphatic heterocycles. The van der Waals surface area contributed by atoms with Crippen LogP contribution in [-0.4, -0.2) is 28.4 Å². The third-order valence-corrected chi connectivity index (χ3v) is 2.68. The second-order valence-corrected chi connectivity index (χ2v) is 3.53. The molecule has 0 saturated heterocycles. The van der Waals surface area contributed by atoms with E-state index in [1.807, 2.05) is 0 Å². The van der Waals surface area contributed by atoms with E-state index < -0.39 is 8.17 Å². The summed E-state index contributed by atoms with van der Waals surface area (Å²) in [5.41, 5.74) is 0. The minimum absolute atomic E-state index is 0. The molecule has 64 valence electrons. The summed E-state index contributed by atoms with van der Waals surface area (Å²) in [5.74, 6) is 0. The highest BCUT2D eigenvalue weighted by atomic mass is 35.5. The Morgan fingerprint density at radius 3 is 0.900 bits per heavy atom. The largest absolute Gasteiger partial charge is 1.00 e. The zero-order valence-electron chi connectivity index (χ0n) is 6.46. The molecule has 0 aliphatic rings. The van der Waals surface area contributed by atoms with E-state index in [2.05, 4.69) is 0 Å². The topological polar surface area (TPSA) is 36.9 Å². The van der Waals surface area contributed by atoms with Gasteiger partial charge in [0.05, 0.1) is 28.4 Å². The van der Waals surface area contributed by atoms with Crippen LogP contribution in [0.4, 0.5) is 0 Å². The van der Waals surface area contributed by atoms with Crippen LogP contribution in [0.1, 0.15) is 0 Å². The summed E-state index contributed by atoms with van der Waals surface area (Å²) in [6, 6.07) is 0. The fourth-order valence-corrected chi connectivity index (χ4v) is 1.34. The highest BCUT2D eigenvalue weighted by molar-refractivity contribution is 7.56. The van der Waals surface area contributed by atoms with E-state index in [9.17, 15) is 0 Å². The van der Waals surface area contributed by atoms with Crippen LogP contribution in [0.15, 0.2) is 0 Å². The molecular formula is C4H12ClO4P. The Kier molecular flexibility index (Phi) is 8.27. The minimum Gasteiger partial charge on any atom is -1.00 e. The van der Waals surface area contributed by atoms with Crippen LogP contribution in [0.2, 0.25) is 0 Å². The molecule has 0 aromatic heterocycles. The summed E-state index contributed by atoms with van der Waals surface area (Å²) in [7, 11) is 3.49. The first kappa shape index (κ1) is 13.2. The van der Waals surface area contributed by atoms with Crippen molar-refractivity contribution in [2.75, 3.05) is 28.4 Å². The van der Waals surface area contributed by atoms with Crippen molar-refractivity contribution in [1.82, 2.24) is 0 Å². The smallest absolute Gasteiger partial charge is 0.574 e. The van der Waals surface area contributed by atoms with Crippen LogP contribution in [-0.2, 0) is 18.1 Å². The molecule has 0 radical (unpaired) electrons. The van der Waals surface area contributed by atoms with E-state index in [1.54, 1.807) is 0 Å². The first-order valence-corrected chi connectivity index (χ1v) is 3.82. The lowest BCUT2D eigenvalue weighted by atomic mass is 11.8. The van der Waals surface area contributed by atoms with Crippen molar-refractivity contribution in [3.8, 4) is 0 Å². The summed E-state index contributed by atoms with van der Waals surface area (Å²) in [6.45, 7) is 0. The van der Waals surface area contributed by atoms with E-state index in [-0.39, 0.29) is 12.4 Å². The fraction of sp³-hybridized carbons (Fsp3) is 1.00. The molecule has 0 aromatic rings. The van der Waals surface area contributed by atoms with Gasteiger partial charge < -0.3 is 12.4 Å². The molecule has 0 saturated carbocycles. The van der Waals surface area contributed by atoms with E-state index in [0.29, 0.717) is 0 Å². The zero-order valence-corrected chi connectivity index (χ0v) is 8.11. The standard InChI is InChI=1S/C4H12O4P.ClH/c1-5-9(6-2,7-3)8-4;/h1-4H3;1H/q+1;/p-1. The van der Waals surface area contributed by atoms with Crippen molar-refractivity contribution in [1.29, 1.82) is 0 Å². The average Bonchev–Trinajstić information content (AvgIpc) is 1.95. The van der Waals surface area contributed by atoms with E-state index in [4.69, 9.17) is 18.1 Å². The summed E-state index contributed by atoms with van der Waals surface area (Å²) >= 11 is 0. The molecule has 0 N–H and O–H groups in total. The number of rotatable bonds is 4. The van der Waals surface area contributed by atoms with Gasteiger partial charge in [0.2, 0.25) is 0 Å². The van der Waals surface area contributed by atoms with Crippen molar-refractivity contribution in [3.63, 3.8) is 0 Å². The van der Waals surface area contributed by atoms with Crippen LogP contribution >= 0.6 is 8.17 Å². The lowest BCUT2D eigenvalue weighted by Crippen LogP contribution is -3.00. The van der Waals surface area contributed by atoms with Gasteiger partial charge in [0.15, 0.2) is 0 Å². The summed E-state index contributed by atoms with van der Waals surface area (Å²) in [6.07, 6.45) is 0. The van der Waals surface area contributed by atoms with E-state index >= 15 is 0 Å². The van der Waals surface area contributed by atoms with Gasteiger partial charge >= 0.3 is 8.17 Å². The van der Waals surface area contributed by atoms with Crippen molar-refractivity contribution in [3.05, 3.63) is 0 Å². The molecule has 0 unspecified atom stereocenters. The van der Waals surface area contributed by atoms with Crippen LogP contribution in [0, 0.1) is 0 Å². The first-order chi connectivity index (χ1) is 4.24. The van der Waals surface area contributed by atoms with Crippen molar-refractivity contribution in [2.45, 2.75) is 0 Å². The second kappa shape index (κ2) is 6.28. The molecule has 0 heterocycles. The maximum absolute atomic E-state index is 4.83. The van der Waals surface area contributed by atoms with Gasteiger partial charge in [-0.25, -0.2) is 0 Å². The average molecular weight is 191 g/mol. The molecule has 0 fully saturated rings. The molecule has 0 aliphatic carbocycles. The van der Waals surface area contributed by atoms with Crippen LogP contribution in [0.25, 0.3) is 0 Å². The minimum atomic E-state index is -2.42. The Morgan fingerprint density at radius 1 is 0.700 bits per heavy atom. The van der Waals surface area contributed by atoms with Gasteiger partial charge in [0.25, 0.3) is 0 Å². The molecular weight excluding hydrogens is 178 g/mol. The molecule has 0 amide bonds. The number of hydrogen-bond acceptors (Lipinski definition) is 4. The quantitative estimate of drug-likeness (QED) is 0.493. The third-order valence-electron chi connectivity index (χ3n) is 0.894. The Bertz CT molecular complexity index is 60.1. The van der Waals surface area contributed by atoms with Gasteiger partial charge in [-0.05, 0) is 0 Å². The molecule has 4 nitrogen and oxygen atoms in total. The predicted octanol–water partition coefficient (Wildman–Crippen LogP) is -1.75.